The minimum absolute atomic E-state index is 0.333. The Morgan fingerprint density at radius 1 is 0.625 bits per heavy atom. The van der Waals surface area contributed by atoms with Crippen molar-refractivity contribution in [2.45, 2.75) is 103 Å². The third-order valence-electron chi connectivity index (χ3n) is 4.05. The monoisotopic (exact) mass is 381 g/mol. The van der Waals surface area contributed by atoms with Crippen molar-refractivity contribution in [3.8, 4) is 0 Å². The van der Waals surface area contributed by atoms with Crippen molar-refractivity contribution in [1.82, 2.24) is 0 Å². The van der Waals surface area contributed by atoms with E-state index in [1.165, 1.54) is 77.0 Å². The first-order valence-electron chi connectivity index (χ1n) is 9.53. The maximum absolute atomic E-state index is 10.3. The van der Waals surface area contributed by atoms with Crippen LogP contribution in [0.4, 0.5) is 0 Å². The Balaban J connectivity index is 0. The first-order chi connectivity index (χ1) is 11.7. The van der Waals surface area contributed by atoms with Gasteiger partial charge >= 0.3 is 32.5 Å². The number of aliphatic carboxylic acids is 1. The molecule has 0 amide bonds. The topological polar surface area (TPSA) is 94.8 Å². The first kappa shape index (κ1) is 26.1. The normalized spacial score (nSPS) is 9.92. The number of hydrogen-bond donors (Lipinski definition) is 3. The van der Waals surface area contributed by atoms with Crippen molar-refractivity contribution in [2.75, 3.05) is 6.61 Å². The second-order valence-corrected chi connectivity index (χ2v) is 6.55. The van der Waals surface area contributed by atoms with E-state index >= 15 is 0 Å². The summed E-state index contributed by atoms with van der Waals surface area (Å²) in [4.78, 5) is 10.3. The molecule has 6 heteroatoms. The molecule has 3 N–H and O–H groups in total. The number of aliphatic hydroxyl groups is 1. The zero-order valence-electron chi connectivity index (χ0n) is 15.2. The molecule has 0 rings (SSSR count). The molecule has 24 heavy (non-hydrogen) atoms. The minimum atomic E-state index is -1.75. The van der Waals surface area contributed by atoms with E-state index in [9.17, 15) is 4.79 Å². The van der Waals surface area contributed by atoms with E-state index in [0.717, 1.165) is 19.3 Å². The summed E-state index contributed by atoms with van der Waals surface area (Å²) in [6.45, 7) is 0.347. The van der Waals surface area contributed by atoms with Crippen LogP contribution in [0, 0.1) is 0 Å². The van der Waals surface area contributed by atoms with Crippen LogP contribution >= 0.6 is 0 Å². The standard InChI is InChI=1S/C18H36O3.H2O.O.Ti/c19-17-15-13-11-9-7-5-3-1-2-4-6-8-10-12-14-16-18(20)21;;;/h19H,1-17H2,(H,20,21);1H2;;/q;;;+1/p-1. The molecule has 0 aliphatic carbocycles. The molecule has 0 saturated heterocycles. The van der Waals surface area contributed by atoms with Gasteiger partial charge < -0.3 is 10.2 Å². The second-order valence-electron chi connectivity index (χ2n) is 6.26. The summed E-state index contributed by atoms with van der Waals surface area (Å²) < 4.78 is 15.8. The van der Waals surface area contributed by atoms with Crippen LogP contribution in [0.2, 0.25) is 0 Å². The van der Waals surface area contributed by atoms with Gasteiger partial charge in [0.1, 0.15) is 0 Å². The summed E-state index contributed by atoms with van der Waals surface area (Å²) >= 11 is -1.75. The van der Waals surface area contributed by atoms with Crippen molar-refractivity contribution in [2.24, 2.45) is 0 Å². The Morgan fingerprint density at radius 3 is 1.12 bits per heavy atom. The summed E-state index contributed by atoms with van der Waals surface area (Å²) in [5.74, 6) is -0.664. The molecule has 0 aromatic heterocycles. The van der Waals surface area contributed by atoms with Crippen molar-refractivity contribution in [3.05, 3.63) is 0 Å². The van der Waals surface area contributed by atoms with Gasteiger partial charge in [-0.3, -0.25) is 4.79 Å². The van der Waals surface area contributed by atoms with Crippen molar-refractivity contribution in [3.63, 3.8) is 0 Å². The molecular formula is C18H37O5Ti. The molecule has 0 aromatic rings. The predicted molar refractivity (Wildman–Crippen MR) is 91.5 cm³/mol. The van der Waals surface area contributed by atoms with Gasteiger partial charge in [-0.1, -0.05) is 83.5 Å². The fraction of sp³-hybridized carbons (Fsp3) is 0.944. The van der Waals surface area contributed by atoms with Crippen LogP contribution in [-0.4, -0.2) is 26.5 Å². The molecule has 0 bridgehead atoms. The Morgan fingerprint density at radius 2 is 0.875 bits per heavy atom. The van der Waals surface area contributed by atoms with Gasteiger partial charge in [0, 0.05) is 13.0 Å². The van der Waals surface area contributed by atoms with Gasteiger partial charge in [-0.2, -0.15) is 0 Å². The second kappa shape index (κ2) is 25.1. The fourth-order valence-corrected chi connectivity index (χ4v) is 2.69. The van der Waals surface area contributed by atoms with E-state index < -0.39 is 25.5 Å². The van der Waals surface area contributed by atoms with Gasteiger partial charge in [0.05, 0.1) is 0 Å². The van der Waals surface area contributed by atoms with Crippen LogP contribution in [-0.2, 0) is 27.6 Å². The molecular weight excluding hydrogens is 344 g/mol. The van der Waals surface area contributed by atoms with E-state index in [0.29, 0.717) is 13.0 Å². The molecule has 0 atom stereocenters. The average molecular weight is 381 g/mol. The van der Waals surface area contributed by atoms with Gasteiger partial charge in [-0.15, -0.1) is 0 Å². The molecule has 0 aliphatic heterocycles. The maximum atomic E-state index is 10.3. The van der Waals surface area contributed by atoms with Gasteiger partial charge in [0.25, 0.3) is 0 Å². The number of carboxylic acid groups (broad SMARTS) is 1. The van der Waals surface area contributed by atoms with Crippen LogP contribution < -0.4 is 0 Å². The van der Waals surface area contributed by atoms with Crippen molar-refractivity contribution < 1.29 is 41.5 Å². The van der Waals surface area contributed by atoms with Crippen molar-refractivity contribution in [1.29, 1.82) is 0 Å². The summed E-state index contributed by atoms with van der Waals surface area (Å²) in [5, 5.41) is 17.2. The fourth-order valence-electron chi connectivity index (χ4n) is 2.69. The summed E-state index contributed by atoms with van der Waals surface area (Å²) in [6.07, 6.45) is 19.0. The molecule has 0 saturated carbocycles. The number of rotatable bonds is 17. The zero-order chi connectivity index (χ0) is 18.3. The summed E-state index contributed by atoms with van der Waals surface area (Å²) in [7, 11) is 0. The van der Waals surface area contributed by atoms with Crippen LogP contribution in [0.15, 0.2) is 0 Å². The third-order valence-corrected chi connectivity index (χ3v) is 4.05. The van der Waals surface area contributed by atoms with Crippen molar-refractivity contribution >= 4 is 5.97 Å². The van der Waals surface area contributed by atoms with Gasteiger partial charge in [-0.25, -0.2) is 0 Å². The molecule has 0 heterocycles. The molecule has 0 spiro atoms. The van der Waals surface area contributed by atoms with E-state index in [2.05, 4.69) is 0 Å². The SMILES string of the molecule is O=C(O)CCCCCCCCCCCCCCCCCO.[O]=[Ti][OH]. The van der Waals surface area contributed by atoms with Crippen LogP contribution in [0.5, 0.6) is 0 Å². The Hall–Kier alpha value is -0.0957. The molecule has 0 aliphatic rings. The zero-order valence-corrected chi connectivity index (χ0v) is 16.7. The van der Waals surface area contributed by atoms with Gasteiger partial charge in [0.2, 0.25) is 0 Å². The van der Waals surface area contributed by atoms with E-state index in [-0.39, 0.29) is 0 Å². The quantitative estimate of drug-likeness (QED) is 0.252. The molecule has 0 radical (unpaired) electrons. The Labute approximate surface area is 157 Å². The molecule has 5 nitrogen and oxygen atoms in total. The predicted octanol–water partition coefficient (Wildman–Crippen LogP) is 4.63. The van der Waals surface area contributed by atoms with E-state index in [4.69, 9.17) is 17.2 Å². The number of carboxylic acids is 1. The molecule has 143 valence electrons. The Kier molecular flexibility index (Phi) is 27.4. The number of hydrogen-bond acceptors (Lipinski definition) is 3. The summed E-state index contributed by atoms with van der Waals surface area (Å²) in [6, 6.07) is 0. The van der Waals surface area contributed by atoms with Crippen LogP contribution in [0.3, 0.4) is 0 Å². The Bertz CT molecular complexity index is 262. The molecule has 0 unspecified atom stereocenters. The average Bonchev–Trinajstić information content (AvgIpc) is 2.55. The van der Waals surface area contributed by atoms with Gasteiger partial charge in [0.15, 0.2) is 0 Å². The first-order valence-corrected chi connectivity index (χ1v) is 10.9. The van der Waals surface area contributed by atoms with Crippen LogP contribution in [0.1, 0.15) is 103 Å². The number of unbranched alkanes of at least 4 members (excludes halogenated alkanes) is 14. The molecule has 0 fully saturated rings. The number of carbonyl (C=O) groups is 1. The number of aliphatic hydroxyl groups excluding tert-OH is 1. The van der Waals surface area contributed by atoms with E-state index in [1.54, 1.807) is 0 Å². The van der Waals surface area contributed by atoms with Gasteiger partial charge in [-0.05, 0) is 12.8 Å². The molecule has 0 aromatic carbocycles. The van der Waals surface area contributed by atoms with E-state index in [1.807, 2.05) is 0 Å². The summed E-state index contributed by atoms with van der Waals surface area (Å²) in [5.41, 5.74) is 0. The third kappa shape index (κ3) is 29.9. The van der Waals surface area contributed by atoms with Crippen LogP contribution in [0.25, 0.3) is 0 Å².